The smallest absolute Gasteiger partial charge is 0.253 e. The van der Waals surface area contributed by atoms with Crippen LogP contribution in [0.3, 0.4) is 0 Å². The second-order valence-corrected chi connectivity index (χ2v) is 2.91. The first-order valence-corrected chi connectivity index (χ1v) is 4.26. The minimum Gasteiger partial charge on any atom is -0.396 e. The van der Waals surface area contributed by atoms with Gasteiger partial charge in [-0.3, -0.25) is 0 Å². The third-order valence-electron chi connectivity index (χ3n) is 1.85. The molecule has 0 radical (unpaired) electrons. The van der Waals surface area contributed by atoms with Crippen molar-refractivity contribution in [2.45, 2.75) is 45.2 Å². The molecule has 0 saturated heterocycles. The van der Waals surface area contributed by atoms with E-state index in [4.69, 9.17) is 5.11 Å². The minimum atomic E-state index is -2.34. The first-order chi connectivity index (χ1) is 5.61. The van der Waals surface area contributed by atoms with Gasteiger partial charge in [0.1, 0.15) is 0 Å². The molecule has 2 unspecified atom stereocenters. The van der Waals surface area contributed by atoms with E-state index in [2.05, 4.69) is 5.32 Å². The van der Waals surface area contributed by atoms with Crippen molar-refractivity contribution in [3.63, 3.8) is 0 Å². The molecule has 0 aliphatic rings. The first kappa shape index (κ1) is 11.8. The summed E-state index contributed by atoms with van der Waals surface area (Å²) in [5.74, 6) is 0. The summed E-state index contributed by atoms with van der Waals surface area (Å²) in [4.78, 5) is 0. The summed E-state index contributed by atoms with van der Waals surface area (Å²) < 4.78 is 24.1. The van der Waals surface area contributed by atoms with Gasteiger partial charge in [0.25, 0.3) is 6.43 Å². The average molecular weight is 181 g/mol. The first-order valence-electron chi connectivity index (χ1n) is 4.26. The van der Waals surface area contributed by atoms with E-state index in [9.17, 15) is 8.78 Å². The number of hydrogen-bond donors (Lipinski definition) is 2. The zero-order valence-electron chi connectivity index (χ0n) is 7.56. The van der Waals surface area contributed by atoms with E-state index in [1.807, 2.05) is 6.92 Å². The van der Waals surface area contributed by atoms with Crippen molar-refractivity contribution in [2.75, 3.05) is 6.61 Å². The van der Waals surface area contributed by atoms with Crippen molar-refractivity contribution in [1.29, 1.82) is 0 Å². The summed E-state index contributed by atoms with van der Waals surface area (Å²) in [6.45, 7) is 3.40. The van der Waals surface area contributed by atoms with Crippen LogP contribution in [0.1, 0.15) is 26.7 Å². The van der Waals surface area contributed by atoms with E-state index in [1.54, 1.807) is 0 Å². The van der Waals surface area contributed by atoms with E-state index >= 15 is 0 Å². The van der Waals surface area contributed by atoms with Gasteiger partial charge < -0.3 is 10.4 Å². The maximum absolute atomic E-state index is 12.0. The Kier molecular flexibility index (Phi) is 6.20. The summed E-state index contributed by atoms with van der Waals surface area (Å²) in [5.41, 5.74) is 0. The van der Waals surface area contributed by atoms with Crippen LogP contribution >= 0.6 is 0 Å². The van der Waals surface area contributed by atoms with Crippen LogP contribution in [0.4, 0.5) is 8.78 Å². The Hall–Kier alpha value is -0.220. The summed E-state index contributed by atoms with van der Waals surface area (Å²) in [7, 11) is 0. The molecule has 2 atom stereocenters. The highest BCUT2D eigenvalue weighted by atomic mass is 19.3. The van der Waals surface area contributed by atoms with Gasteiger partial charge in [0.2, 0.25) is 0 Å². The molecule has 0 heterocycles. The Morgan fingerprint density at radius 2 is 2.00 bits per heavy atom. The Morgan fingerprint density at radius 1 is 1.42 bits per heavy atom. The fraction of sp³-hybridized carbons (Fsp3) is 1.00. The highest BCUT2D eigenvalue weighted by Gasteiger charge is 2.17. The molecule has 0 fully saturated rings. The summed E-state index contributed by atoms with van der Waals surface area (Å²) in [6, 6.07) is -0.791. The Balaban J connectivity index is 3.68. The number of aliphatic hydroxyl groups excluding tert-OH is 1. The van der Waals surface area contributed by atoms with Gasteiger partial charge in [0.15, 0.2) is 0 Å². The molecule has 0 spiro atoms. The van der Waals surface area contributed by atoms with Gasteiger partial charge in [0.05, 0.1) is 6.04 Å². The summed E-state index contributed by atoms with van der Waals surface area (Å²) >= 11 is 0. The summed E-state index contributed by atoms with van der Waals surface area (Å²) in [5, 5.41) is 11.3. The van der Waals surface area contributed by atoms with E-state index in [0.717, 1.165) is 6.42 Å². The molecule has 0 rings (SSSR count). The molecule has 74 valence electrons. The number of aliphatic hydroxyl groups is 1. The van der Waals surface area contributed by atoms with Gasteiger partial charge in [-0.25, -0.2) is 8.78 Å². The second-order valence-electron chi connectivity index (χ2n) is 2.91. The lowest BCUT2D eigenvalue weighted by Crippen LogP contribution is -2.40. The third kappa shape index (κ3) is 4.62. The molecule has 0 aromatic heterocycles. The van der Waals surface area contributed by atoms with Gasteiger partial charge >= 0.3 is 0 Å². The zero-order chi connectivity index (χ0) is 9.56. The molecule has 0 amide bonds. The van der Waals surface area contributed by atoms with Crippen LogP contribution in [-0.4, -0.2) is 30.2 Å². The van der Waals surface area contributed by atoms with E-state index in [0.29, 0.717) is 6.42 Å². The monoisotopic (exact) mass is 181 g/mol. The fourth-order valence-corrected chi connectivity index (χ4v) is 1.01. The topological polar surface area (TPSA) is 32.3 Å². The number of alkyl halides is 2. The van der Waals surface area contributed by atoms with Crippen LogP contribution in [0, 0.1) is 0 Å². The molecular formula is C8H17F2NO. The number of nitrogens with one attached hydrogen (secondary N) is 1. The number of halogens is 2. The van der Waals surface area contributed by atoms with Gasteiger partial charge in [-0.1, -0.05) is 6.92 Å². The summed E-state index contributed by atoms with van der Waals surface area (Å²) in [6.07, 6.45) is -1.04. The zero-order valence-corrected chi connectivity index (χ0v) is 7.56. The lowest BCUT2D eigenvalue weighted by molar-refractivity contribution is 0.0966. The molecular weight excluding hydrogens is 164 g/mol. The van der Waals surface area contributed by atoms with Crippen molar-refractivity contribution in [1.82, 2.24) is 5.32 Å². The predicted molar refractivity (Wildman–Crippen MR) is 44.4 cm³/mol. The molecule has 0 aliphatic carbocycles. The third-order valence-corrected chi connectivity index (χ3v) is 1.85. The maximum Gasteiger partial charge on any atom is 0.253 e. The molecule has 0 saturated carbocycles. The normalized spacial score (nSPS) is 16.5. The van der Waals surface area contributed by atoms with Gasteiger partial charge in [-0.05, 0) is 19.8 Å². The van der Waals surface area contributed by atoms with Crippen molar-refractivity contribution in [3.8, 4) is 0 Å². The molecule has 4 heteroatoms. The van der Waals surface area contributed by atoms with E-state index in [-0.39, 0.29) is 12.6 Å². The SMILES string of the molecule is CCC(CCO)NC(C)C(F)F. The van der Waals surface area contributed by atoms with Crippen LogP contribution in [0.15, 0.2) is 0 Å². The number of hydrogen-bond acceptors (Lipinski definition) is 2. The number of rotatable bonds is 6. The predicted octanol–water partition coefficient (Wildman–Crippen LogP) is 1.39. The van der Waals surface area contributed by atoms with E-state index in [1.165, 1.54) is 6.92 Å². The standard InChI is InChI=1S/C8H17F2NO/c1-3-7(4-5-12)11-6(2)8(9)10/h6-8,11-12H,3-5H2,1-2H3. The minimum absolute atomic E-state index is 0.000926. The molecule has 2 nitrogen and oxygen atoms in total. The highest BCUT2D eigenvalue weighted by Crippen LogP contribution is 2.04. The van der Waals surface area contributed by atoms with Crippen molar-refractivity contribution >= 4 is 0 Å². The van der Waals surface area contributed by atoms with Crippen molar-refractivity contribution in [2.24, 2.45) is 0 Å². The fourth-order valence-electron chi connectivity index (χ4n) is 1.01. The molecule has 0 aliphatic heterocycles. The largest absolute Gasteiger partial charge is 0.396 e. The van der Waals surface area contributed by atoms with Crippen molar-refractivity contribution < 1.29 is 13.9 Å². The second kappa shape index (κ2) is 6.31. The lowest BCUT2D eigenvalue weighted by atomic mass is 10.1. The molecule has 0 aromatic rings. The Morgan fingerprint density at radius 3 is 2.33 bits per heavy atom. The van der Waals surface area contributed by atoms with Gasteiger partial charge in [-0.2, -0.15) is 0 Å². The molecule has 2 N–H and O–H groups in total. The van der Waals surface area contributed by atoms with Crippen LogP contribution in [0.5, 0.6) is 0 Å². The average Bonchev–Trinajstić information content (AvgIpc) is 2.03. The lowest BCUT2D eigenvalue weighted by Gasteiger charge is -2.20. The molecule has 0 bridgehead atoms. The Bertz CT molecular complexity index is 111. The van der Waals surface area contributed by atoms with Crippen LogP contribution in [-0.2, 0) is 0 Å². The Labute approximate surface area is 72.0 Å². The molecule has 0 aromatic carbocycles. The van der Waals surface area contributed by atoms with Crippen molar-refractivity contribution in [3.05, 3.63) is 0 Å². The van der Waals surface area contributed by atoms with Crippen LogP contribution < -0.4 is 5.32 Å². The van der Waals surface area contributed by atoms with Crippen LogP contribution in [0.2, 0.25) is 0 Å². The van der Waals surface area contributed by atoms with Crippen LogP contribution in [0.25, 0.3) is 0 Å². The van der Waals surface area contributed by atoms with Gasteiger partial charge in [0, 0.05) is 12.6 Å². The van der Waals surface area contributed by atoms with Gasteiger partial charge in [-0.15, -0.1) is 0 Å². The molecule has 12 heavy (non-hydrogen) atoms. The van der Waals surface area contributed by atoms with E-state index < -0.39 is 12.5 Å². The quantitative estimate of drug-likeness (QED) is 0.649. The maximum atomic E-state index is 12.0. The highest BCUT2D eigenvalue weighted by molar-refractivity contribution is 4.71.